The standard InChI is InChI=1S/C11H17F2N3O2.C11H16F2O2/c1-10(2,3)18-8(17)5-11(4,9(12)13)7-6-14-16-15-7;1-6-11(5,9(12)13)7-8(14)15-10(2,3)4/h6,9H,5H2,1-4H3,(H,14,15,16);1,9H,7H2,2-5H3. The number of hydrogen-bond donors (Lipinski definition) is 1. The Morgan fingerprint density at radius 2 is 1.39 bits per heavy atom. The van der Waals surface area contributed by atoms with Crippen molar-refractivity contribution in [2.24, 2.45) is 5.41 Å². The fourth-order valence-corrected chi connectivity index (χ4v) is 2.30. The Labute approximate surface area is 192 Å². The Hall–Kier alpha value is -2.64. The number of nitrogens with one attached hydrogen (secondary N) is 1. The van der Waals surface area contributed by atoms with Crippen LogP contribution in [0.5, 0.6) is 0 Å². The molecule has 0 aliphatic rings. The maximum atomic E-state index is 13.2. The predicted molar refractivity (Wildman–Crippen MR) is 114 cm³/mol. The number of aromatic nitrogens is 3. The van der Waals surface area contributed by atoms with Crippen LogP contribution in [-0.2, 0) is 24.5 Å². The van der Waals surface area contributed by atoms with Crippen LogP contribution in [-0.4, -0.2) is 51.4 Å². The van der Waals surface area contributed by atoms with E-state index in [2.05, 4.69) is 15.4 Å². The molecule has 0 saturated heterocycles. The first-order chi connectivity index (χ1) is 14.8. The van der Waals surface area contributed by atoms with Crippen LogP contribution in [0.25, 0.3) is 0 Å². The molecule has 1 N–H and O–H groups in total. The summed E-state index contributed by atoms with van der Waals surface area (Å²) in [6.45, 7) is 12.5. The topological polar surface area (TPSA) is 94.2 Å². The summed E-state index contributed by atoms with van der Waals surface area (Å²) in [6, 6.07) is 0. The van der Waals surface area contributed by atoms with Gasteiger partial charge in [0.25, 0.3) is 6.43 Å². The summed E-state index contributed by atoms with van der Waals surface area (Å²) >= 11 is 0. The molecule has 1 aromatic heterocycles. The van der Waals surface area contributed by atoms with E-state index in [9.17, 15) is 27.2 Å². The molecule has 0 aromatic carbocycles. The van der Waals surface area contributed by atoms with Crippen LogP contribution in [0.2, 0.25) is 0 Å². The van der Waals surface area contributed by atoms with Crippen LogP contribution in [0.1, 0.15) is 73.9 Å². The van der Waals surface area contributed by atoms with Gasteiger partial charge in [0.05, 0.1) is 35.6 Å². The van der Waals surface area contributed by atoms with Crippen molar-refractivity contribution >= 4 is 11.9 Å². The average molecular weight is 480 g/mol. The van der Waals surface area contributed by atoms with Crippen LogP contribution in [0.3, 0.4) is 0 Å². The molecule has 33 heavy (non-hydrogen) atoms. The molecule has 0 radical (unpaired) electrons. The smallest absolute Gasteiger partial charge is 0.308 e. The van der Waals surface area contributed by atoms with Crippen molar-refractivity contribution in [3.63, 3.8) is 0 Å². The monoisotopic (exact) mass is 479 g/mol. The van der Waals surface area contributed by atoms with Crippen molar-refractivity contribution in [1.82, 2.24) is 15.4 Å². The van der Waals surface area contributed by atoms with Crippen molar-refractivity contribution in [2.75, 3.05) is 0 Å². The molecular formula is C22H33F4N3O4. The van der Waals surface area contributed by atoms with Gasteiger partial charge < -0.3 is 9.47 Å². The molecule has 1 rings (SSSR count). The van der Waals surface area contributed by atoms with Crippen molar-refractivity contribution in [3.05, 3.63) is 11.9 Å². The van der Waals surface area contributed by atoms with Crippen LogP contribution in [0, 0.1) is 17.8 Å². The maximum Gasteiger partial charge on any atom is 0.308 e. The zero-order chi connectivity index (χ0) is 26.3. The Balaban J connectivity index is 0.000000633. The molecule has 0 bridgehead atoms. The number of ether oxygens (including phenoxy) is 2. The third kappa shape index (κ3) is 10.7. The molecule has 0 aliphatic heterocycles. The van der Waals surface area contributed by atoms with Crippen molar-refractivity contribution in [2.45, 2.75) is 97.7 Å². The summed E-state index contributed by atoms with van der Waals surface area (Å²) in [4.78, 5) is 22.9. The van der Waals surface area contributed by atoms with E-state index in [1.54, 1.807) is 41.5 Å². The second-order valence-corrected chi connectivity index (χ2v) is 9.96. The molecule has 11 heteroatoms. The van der Waals surface area contributed by atoms with Gasteiger partial charge in [0, 0.05) is 0 Å². The number of esters is 2. The van der Waals surface area contributed by atoms with Gasteiger partial charge in [-0.15, -0.1) is 6.42 Å². The number of carbonyl (C=O) groups excluding carboxylic acids is 2. The van der Waals surface area contributed by atoms with E-state index < -0.39 is 59.7 Å². The number of terminal acetylenes is 1. The van der Waals surface area contributed by atoms with Crippen LogP contribution >= 0.6 is 0 Å². The second-order valence-electron chi connectivity index (χ2n) is 9.96. The van der Waals surface area contributed by atoms with Gasteiger partial charge in [-0.1, -0.05) is 5.92 Å². The lowest BCUT2D eigenvalue weighted by atomic mass is 9.84. The Bertz CT molecular complexity index is 811. The number of nitrogens with zero attached hydrogens (tertiary/aromatic N) is 2. The lowest BCUT2D eigenvalue weighted by molar-refractivity contribution is -0.159. The van der Waals surface area contributed by atoms with Gasteiger partial charge >= 0.3 is 11.9 Å². The molecule has 0 fully saturated rings. The number of rotatable bonds is 7. The molecule has 7 nitrogen and oxygen atoms in total. The van der Waals surface area contributed by atoms with Gasteiger partial charge in [-0.3, -0.25) is 9.59 Å². The molecule has 0 aliphatic carbocycles. The first-order valence-corrected chi connectivity index (χ1v) is 10.1. The van der Waals surface area contributed by atoms with Crippen molar-refractivity contribution in [3.8, 4) is 12.3 Å². The molecule has 0 spiro atoms. The highest BCUT2D eigenvalue weighted by Gasteiger charge is 2.42. The quantitative estimate of drug-likeness (QED) is 0.347. The molecule has 0 saturated carbocycles. The summed E-state index contributed by atoms with van der Waals surface area (Å²) in [5.41, 5.74) is -4.79. The molecule has 1 heterocycles. The summed E-state index contributed by atoms with van der Waals surface area (Å²) in [6.07, 6.45) is -0.232. The molecule has 2 atom stereocenters. The molecule has 2 unspecified atom stereocenters. The first-order valence-electron chi connectivity index (χ1n) is 10.1. The fraction of sp³-hybridized carbons (Fsp3) is 0.727. The minimum Gasteiger partial charge on any atom is -0.460 e. The van der Waals surface area contributed by atoms with E-state index in [1.807, 2.05) is 5.92 Å². The lowest BCUT2D eigenvalue weighted by Gasteiger charge is -2.27. The van der Waals surface area contributed by atoms with E-state index in [0.29, 0.717) is 0 Å². The Morgan fingerprint density at radius 3 is 1.70 bits per heavy atom. The second kappa shape index (κ2) is 11.5. The van der Waals surface area contributed by atoms with E-state index in [1.165, 1.54) is 20.0 Å². The van der Waals surface area contributed by atoms with Gasteiger partial charge in [0.15, 0.2) is 0 Å². The van der Waals surface area contributed by atoms with E-state index in [-0.39, 0.29) is 5.69 Å². The van der Waals surface area contributed by atoms with E-state index in [0.717, 1.165) is 0 Å². The van der Waals surface area contributed by atoms with Gasteiger partial charge in [0.1, 0.15) is 11.2 Å². The first kappa shape index (κ1) is 30.4. The largest absolute Gasteiger partial charge is 0.460 e. The highest BCUT2D eigenvalue weighted by atomic mass is 19.3. The molecule has 1 aromatic rings. The zero-order valence-electron chi connectivity index (χ0n) is 20.3. The third-order valence-corrected chi connectivity index (χ3v) is 4.16. The number of H-pyrrole nitrogens is 1. The average Bonchev–Trinajstić information content (AvgIpc) is 3.13. The third-order valence-electron chi connectivity index (χ3n) is 4.16. The van der Waals surface area contributed by atoms with Gasteiger partial charge in [-0.25, -0.2) is 17.6 Å². The lowest BCUT2D eigenvalue weighted by Crippen LogP contribution is -2.36. The predicted octanol–water partition coefficient (Wildman–Crippen LogP) is 4.68. The van der Waals surface area contributed by atoms with Crippen LogP contribution in [0.15, 0.2) is 6.20 Å². The van der Waals surface area contributed by atoms with E-state index in [4.69, 9.17) is 15.9 Å². The van der Waals surface area contributed by atoms with Crippen LogP contribution in [0.4, 0.5) is 17.6 Å². The summed E-state index contributed by atoms with van der Waals surface area (Å²) < 4.78 is 61.3. The molecule has 188 valence electrons. The highest BCUT2D eigenvalue weighted by molar-refractivity contribution is 5.72. The van der Waals surface area contributed by atoms with Crippen LogP contribution < -0.4 is 0 Å². The van der Waals surface area contributed by atoms with Crippen molar-refractivity contribution < 1.29 is 36.6 Å². The normalized spacial score (nSPS) is 15.5. The minimum atomic E-state index is -2.74. The number of hydrogen-bond acceptors (Lipinski definition) is 6. The Kier molecular flexibility index (Phi) is 10.6. The number of halogens is 4. The maximum absolute atomic E-state index is 13.2. The molecule has 0 amide bonds. The highest BCUT2D eigenvalue weighted by Crippen LogP contribution is 2.33. The van der Waals surface area contributed by atoms with E-state index >= 15 is 0 Å². The fourth-order valence-electron chi connectivity index (χ4n) is 2.30. The zero-order valence-corrected chi connectivity index (χ0v) is 20.3. The van der Waals surface area contributed by atoms with Crippen molar-refractivity contribution in [1.29, 1.82) is 0 Å². The number of alkyl halides is 4. The SMILES string of the molecule is C#CC(C)(CC(=O)OC(C)(C)C)C(F)F.CC(C)(C)OC(=O)CC(C)(c1cn[nH]n1)C(F)F. The summed E-state index contributed by atoms with van der Waals surface area (Å²) in [7, 11) is 0. The number of aromatic amines is 1. The minimum absolute atomic E-state index is 0.0448. The molecular weight excluding hydrogens is 446 g/mol. The van der Waals surface area contributed by atoms with Gasteiger partial charge in [-0.2, -0.15) is 15.4 Å². The van der Waals surface area contributed by atoms with Gasteiger partial charge in [-0.05, 0) is 55.4 Å². The summed E-state index contributed by atoms with van der Waals surface area (Å²) in [5.74, 6) is 0.552. The van der Waals surface area contributed by atoms with Gasteiger partial charge in [0.2, 0.25) is 6.43 Å². The number of carbonyl (C=O) groups is 2. The Morgan fingerprint density at radius 1 is 0.939 bits per heavy atom. The summed E-state index contributed by atoms with van der Waals surface area (Å²) in [5, 5.41) is 9.39.